The summed E-state index contributed by atoms with van der Waals surface area (Å²) >= 11 is 0. The zero-order chi connectivity index (χ0) is 14.6. The quantitative estimate of drug-likeness (QED) is 0.868. The van der Waals surface area contributed by atoms with Gasteiger partial charge in [0.2, 0.25) is 0 Å². The smallest absolute Gasteiger partial charge is 0.160 e. The van der Waals surface area contributed by atoms with Crippen LogP contribution in [0.3, 0.4) is 0 Å². The molecule has 1 N–H and O–H groups in total. The molecule has 0 saturated carbocycles. The number of aromatic nitrogens is 2. The molecule has 1 aliphatic rings. The number of hydrogen-bond acceptors (Lipinski definition) is 4. The van der Waals surface area contributed by atoms with Gasteiger partial charge in [0, 0.05) is 30.1 Å². The van der Waals surface area contributed by atoms with Gasteiger partial charge < -0.3 is 10.1 Å². The highest BCUT2D eigenvalue weighted by Gasteiger charge is 2.30. The number of hydrogen-bond donors (Lipinski definition) is 1. The largest absolute Gasteiger partial charge is 0.368 e. The maximum absolute atomic E-state index is 5.89. The summed E-state index contributed by atoms with van der Waals surface area (Å²) in [5, 5.41) is 3.53. The number of nitrogens with zero attached hydrogens (tertiary/aromatic N) is 2. The van der Waals surface area contributed by atoms with E-state index in [1.807, 2.05) is 13.1 Å². The van der Waals surface area contributed by atoms with Crippen molar-refractivity contribution in [1.82, 2.24) is 15.3 Å². The molecule has 0 fully saturated rings. The molecule has 20 heavy (non-hydrogen) atoms. The van der Waals surface area contributed by atoms with Gasteiger partial charge >= 0.3 is 0 Å². The van der Waals surface area contributed by atoms with Gasteiger partial charge in [-0.25, -0.2) is 9.97 Å². The van der Waals surface area contributed by atoms with Crippen LogP contribution in [0.15, 0.2) is 6.20 Å². The minimum absolute atomic E-state index is 0.366. The minimum atomic E-state index is -0.366. The van der Waals surface area contributed by atoms with Crippen LogP contribution >= 0.6 is 0 Å². The second-order valence-corrected chi connectivity index (χ2v) is 5.62. The van der Waals surface area contributed by atoms with Crippen molar-refractivity contribution in [2.24, 2.45) is 0 Å². The van der Waals surface area contributed by atoms with Gasteiger partial charge in [0.05, 0.1) is 0 Å². The van der Waals surface area contributed by atoms with Crippen molar-refractivity contribution in [3.63, 3.8) is 0 Å². The Morgan fingerprint density at radius 3 is 2.85 bits per heavy atom. The molecule has 4 nitrogen and oxygen atoms in total. The number of rotatable bonds is 6. The molecule has 4 heteroatoms. The molecule has 112 valence electrons. The summed E-state index contributed by atoms with van der Waals surface area (Å²) in [6, 6.07) is 0.415. The molecule has 0 spiro atoms. The first kappa shape index (κ1) is 15.4. The predicted octanol–water partition coefficient (Wildman–Crippen LogP) is 3.13. The first-order valence-corrected chi connectivity index (χ1v) is 7.88. The van der Waals surface area contributed by atoms with E-state index in [1.165, 1.54) is 24.1 Å². The van der Waals surface area contributed by atoms with Gasteiger partial charge in [0.15, 0.2) is 5.82 Å². The van der Waals surface area contributed by atoms with E-state index in [-0.39, 0.29) is 5.60 Å². The third-order valence-corrected chi connectivity index (χ3v) is 4.24. The van der Waals surface area contributed by atoms with Crippen LogP contribution in [-0.4, -0.2) is 23.1 Å². The first-order valence-electron chi connectivity index (χ1n) is 7.88. The van der Waals surface area contributed by atoms with Crippen molar-refractivity contribution >= 4 is 0 Å². The van der Waals surface area contributed by atoms with Gasteiger partial charge in [-0.05, 0) is 46.1 Å². The van der Waals surface area contributed by atoms with Crippen molar-refractivity contribution in [1.29, 1.82) is 0 Å². The van der Waals surface area contributed by atoms with Crippen LogP contribution in [0.5, 0.6) is 0 Å². The molecule has 1 aromatic heterocycles. The normalized spacial score (nSPS) is 21.3. The van der Waals surface area contributed by atoms with E-state index in [0.717, 1.165) is 25.2 Å². The summed E-state index contributed by atoms with van der Waals surface area (Å²) < 4.78 is 5.89. The summed E-state index contributed by atoms with van der Waals surface area (Å²) in [5.41, 5.74) is 2.11. The molecule has 2 rings (SSSR count). The third-order valence-electron chi connectivity index (χ3n) is 4.24. The highest BCUT2D eigenvalue weighted by molar-refractivity contribution is 5.25. The van der Waals surface area contributed by atoms with Gasteiger partial charge in [0.25, 0.3) is 0 Å². The van der Waals surface area contributed by atoms with Gasteiger partial charge in [-0.2, -0.15) is 0 Å². The lowest BCUT2D eigenvalue weighted by Gasteiger charge is -2.30. The van der Waals surface area contributed by atoms with E-state index in [2.05, 4.69) is 31.1 Å². The zero-order valence-electron chi connectivity index (χ0n) is 13.2. The lowest BCUT2D eigenvalue weighted by Crippen LogP contribution is -2.31. The van der Waals surface area contributed by atoms with Crippen molar-refractivity contribution in [2.75, 3.05) is 13.2 Å². The fourth-order valence-corrected chi connectivity index (χ4v) is 2.90. The van der Waals surface area contributed by atoms with Crippen LogP contribution in [0.2, 0.25) is 0 Å². The Hall–Kier alpha value is -1.00. The highest BCUT2D eigenvalue weighted by atomic mass is 16.5. The molecular formula is C16H27N3O. The van der Waals surface area contributed by atoms with E-state index in [1.54, 1.807) is 0 Å². The summed E-state index contributed by atoms with van der Waals surface area (Å²) in [6.07, 6.45) is 6.32. The SMILES string of the molecule is CCNC1CCCc2nc(C(C)(CC)OCC)ncc21. The highest BCUT2D eigenvalue weighted by Crippen LogP contribution is 2.31. The van der Waals surface area contributed by atoms with Crippen LogP contribution in [-0.2, 0) is 16.8 Å². The molecule has 1 aromatic rings. The summed E-state index contributed by atoms with van der Waals surface area (Å²) in [5.74, 6) is 0.831. The third kappa shape index (κ3) is 3.01. The standard InChI is InChI=1S/C16H27N3O/c1-5-16(4,20-7-3)15-18-11-12-13(17-6-2)9-8-10-14(12)19-15/h11,13,17H,5-10H2,1-4H3. The van der Waals surface area contributed by atoms with Crippen molar-refractivity contribution in [3.8, 4) is 0 Å². The Kier molecular flexibility index (Phi) is 5.11. The molecule has 0 aliphatic heterocycles. The van der Waals surface area contributed by atoms with Gasteiger partial charge in [-0.1, -0.05) is 13.8 Å². The topological polar surface area (TPSA) is 47.0 Å². The Morgan fingerprint density at radius 1 is 1.40 bits per heavy atom. The van der Waals surface area contributed by atoms with Gasteiger partial charge in [-0.3, -0.25) is 0 Å². The van der Waals surface area contributed by atoms with Crippen LogP contribution in [0, 0.1) is 0 Å². The van der Waals surface area contributed by atoms with E-state index in [0.29, 0.717) is 12.6 Å². The second-order valence-electron chi connectivity index (χ2n) is 5.62. The number of ether oxygens (including phenoxy) is 1. The summed E-state index contributed by atoms with van der Waals surface area (Å²) in [4.78, 5) is 9.44. The molecule has 0 radical (unpaired) electrons. The molecule has 1 aliphatic carbocycles. The van der Waals surface area contributed by atoms with Crippen LogP contribution in [0.25, 0.3) is 0 Å². The lowest BCUT2D eigenvalue weighted by molar-refractivity contribution is -0.0392. The van der Waals surface area contributed by atoms with E-state index in [9.17, 15) is 0 Å². The lowest BCUT2D eigenvalue weighted by atomic mass is 9.91. The van der Waals surface area contributed by atoms with Gasteiger partial charge in [-0.15, -0.1) is 0 Å². The Bertz CT molecular complexity index is 449. The summed E-state index contributed by atoms with van der Waals surface area (Å²) in [6.45, 7) is 10.0. The molecule has 0 saturated heterocycles. The molecule has 1 heterocycles. The van der Waals surface area contributed by atoms with Crippen molar-refractivity contribution in [2.45, 2.75) is 65.0 Å². The monoisotopic (exact) mass is 277 g/mol. The second kappa shape index (κ2) is 6.64. The van der Waals surface area contributed by atoms with E-state index in [4.69, 9.17) is 9.72 Å². The number of fused-ring (bicyclic) bond motifs is 1. The van der Waals surface area contributed by atoms with Crippen LogP contribution in [0.1, 0.15) is 70.1 Å². The predicted molar refractivity (Wildman–Crippen MR) is 80.7 cm³/mol. The fraction of sp³-hybridized carbons (Fsp3) is 0.750. The molecular weight excluding hydrogens is 250 g/mol. The molecule has 2 unspecified atom stereocenters. The maximum Gasteiger partial charge on any atom is 0.160 e. The van der Waals surface area contributed by atoms with Crippen molar-refractivity contribution < 1.29 is 4.74 Å². The average Bonchev–Trinajstić information content (AvgIpc) is 2.47. The molecule has 0 amide bonds. The number of nitrogens with one attached hydrogen (secondary N) is 1. The number of aryl methyl sites for hydroxylation is 1. The van der Waals surface area contributed by atoms with Crippen LogP contribution in [0.4, 0.5) is 0 Å². The molecule has 2 atom stereocenters. The molecule has 0 bridgehead atoms. The van der Waals surface area contributed by atoms with E-state index < -0.39 is 0 Å². The van der Waals surface area contributed by atoms with Crippen LogP contribution < -0.4 is 5.32 Å². The summed E-state index contributed by atoms with van der Waals surface area (Å²) in [7, 11) is 0. The molecule has 0 aromatic carbocycles. The van der Waals surface area contributed by atoms with Crippen molar-refractivity contribution in [3.05, 3.63) is 23.3 Å². The minimum Gasteiger partial charge on any atom is -0.368 e. The Morgan fingerprint density at radius 2 is 2.20 bits per heavy atom. The van der Waals surface area contributed by atoms with Gasteiger partial charge in [0.1, 0.15) is 5.60 Å². The maximum atomic E-state index is 5.89. The first-order chi connectivity index (χ1) is 9.64. The Labute approximate surface area is 122 Å². The zero-order valence-corrected chi connectivity index (χ0v) is 13.2. The van der Waals surface area contributed by atoms with E-state index >= 15 is 0 Å². The average molecular weight is 277 g/mol. The Balaban J connectivity index is 2.31. The fourth-order valence-electron chi connectivity index (χ4n) is 2.90.